The molecule has 1 N–H and O–H groups in total. The van der Waals surface area contributed by atoms with Crippen LogP contribution in [0, 0.1) is 6.92 Å². The first-order valence-electron chi connectivity index (χ1n) is 6.48. The van der Waals surface area contributed by atoms with Crippen LogP contribution < -0.4 is 0 Å². The van der Waals surface area contributed by atoms with Gasteiger partial charge >= 0.3 is 0 Å². The third-order valence-electron chi connectivity index (χ3n) is 3.61. The fraction of sp³-hybridized carbons (Fsp3) is 0.0556. The molecule has 0 aliphatic heterocycles. The molecule has 0 spiro atoms. The Morgan fingerprint density at radius 2 is 1.55 bits per heavy atom. The van der Waals surface area contributed by atoms with E-state index in [-0.39, 0.29) is 5.75 Å². The van der Waals surface area contributed by atoms with Crippen LogP contribution in [0.5, 0.6) is 5.75 Å². The number of aryl methyl sites for hydroxylation is 1. The monoisotopic (exact) mass is 262 g/mol. The third-order valence-corrected chi connectivity index (χ3v) is 3.61. The molecule has 0 radical (unpaired) electrons. The lowest BCUT2D eigenvalue weighted by atomic mass is 9.94. The Kier molecular flexibility index (Phi) is 2.99. The van der Waals surface area contributed by atoms with Crippen molar-refractivity contribution in [2.24, 2.45) is 0 Å². The van der Waals surface area contributed by atoms with Crippen molar-refractivity contribution in [3.63, 3.8) is 0 Å². The Morgan fingerprint density at radius 3 is 2.25 bits per heavy atom. The predicted octanol–water partition coefficient (Wildman–Crippen LogP) is 4.33. The molecule has 0 aliphatic carbocycles. The molecule has 0 aliphatic rings. The van der Waals surface area contributed by atoms with Crippen molar-refractivity contribution in [3.05, 3.63) is 65.7 Å². The molecule has 0 aromatic heterocycles. The number of aromatic hydroxyl groups is 1. The zero-order valence-electron chi connectivity index (χ0n) is 11.1. The summed E-state index contributed by atoms with van der Waals surface area (Å²) >= 11 is 0. The van der Waals surface area contributed by atoms with Gasteiger partial charge in [0.05, 0.1) is 0 Å². The highest BCUT2D eigenvalue weighted by Gasteiger charge is 2.13. The summed E-state index contributed by atoms with van der Waals surface area (Å²) in [6.07, 6.45) is 0.837. The SMILES string of the molecule is Cc1ccccc1-c1cc(C=O)c2ccccc2c1O. The molecule has 98 valence electrons. The van der Waals surface area contributed by atoms with E-state index in [1.54, 1.807) is 6.07 Å². The lowest BCUT2D eigenvalue weighted by Gasteiger charge is -2.12. The van der Waals surface area contributed by atoms with Crippen molar-refractivity contribution in [3.8, 4) is 16.9 Å². The molecule has 0 heterocycles. The average Bonchev–Trinajstić information content (AvgIpc) is 2.49. The highest BCUT2D eigenvalue weighted by Crippen LogP contribution is 2.38. The van der Waals surface area contributed by atoms with Crippen LogP contribution in [-0.4, -0.2) is 11.4 Å². The Labute approximate surface area is 117 Å². The molecular formula is C18H14O2. The van der Waals surface area contributed by atoms with Crippen LogP contribution in [0.3, 0.4) is 0 Å². The predicted molar refractivity (Wildman–Crippen MR) is 81.2 cm³/mol. The molecule has 3 rings (SSSR count). The van der Waals surface area contributed by atoms with Crippen molar-refractivity contribution in [1.29, 1.82) is 0 Å². The Bertz CT molecular complexity index is 804. The zero-order chi connectivity index (χ0) is 14.1. The molecule has 0 saturated carbocycles. The maximum Gasteiger partial charge on any atom is 0.150 e. The van der Waals surface area contributed by atoms with Gasteiger partial charge in [0, 0.05) is 16.5 Å². The topological polar surface area (TPSA) is 37.3 Å². The van der Waals surface area contributed by atoms with E-state index in [1.165, 1.54) is 0 Å². The van der Waals surface area contributed by atoms with E-state index in [0.717, 1.165) is 22.8 Å². The van der Waals surface area contributed by atoms with Gasteiger partial charge in [-0.05, 0) is 29.5 Å². The van der Waals surface area contributed by atoms with E-state index in [1.807, 2.05) is 55.5 Å². The zero-order valence-corrected chi connectivity index (χ0v) is 11.1. The molecule has 3 aromatic rings. The van der Waals surface area contributed by atoms with Gasteiger partial charge in [0.25, 0.3) is 0 Å². The standard InChI is InChI=1S/C18H14O2/c1-12-6-2-3-7-14(12)17-10-13(11-19)15-8-4-5-9-16(15)18(17)20/h2-11,20H,1H3. The van der Waals surface area contributed by atoms with E-state index in [4.69, 9.17) is 0 Å². The van der Waals surface area contributed by atoms with Gasteiger partial charge < -0.3 is 5.11 Å². The highest BCUT2D eigenvalue weighted by molar-refractivity contribution is 6.05. The molecule has 0 unspecified atom stereocenters. The largest absolute Gasteiger partial charge is 0.507 e. The number of phenols is 1. The number of carbonyl (C=O) groups is 1. The van der Waals surface area contributed by atoms with E-state index in [9.17, 15) is 9.90 Å². The minimum atomic E-state index is 0.223. The maximum atomic E-state index is 11.3. The molecule has 0 saturated heterocycles. The summed E-state index contributed by atoms with van der Waals surface area (Å²) in [7, 11) is 0. The number of phenolic OH excluding ortho intramolecular Hbond substituents is 1. The third kappa shape index (κ3) is 1.86. The van der Waals surface area contributed by atoms with Gasteiger partial charge in [-0.15, -0.1) is 0 Å². The smallest absolute Gasteiger partial charge is 0.150 e. The second-order valence-electron chi connectivity index (χ2n) is 4.84. The second-order valence-corrected chi connectivity index (χ2v) is 4.84. The van der Waals surface area contributed by atoms with Crippen molar-refractivity contribution < 1.29 is 9.90 Å². The maximum absolute atomic E-state index is 11.3. The summed E-state index contributed by atoms with van der Waals surface area (Å²) in [6, 6.07) is 17.0. The Balaban J connectivity index is 2.41. The quantitative estimate of drug-likeness (QED) is 0.698. The molecule has 20 heavy (non-hydrogen) atoms. The van der Waals surface area contributed by atoms with Gasteiger partial charge in [-0.3, -0.25) is 4.79 Å². The summed E-state index contributed by atoms with van der Waals surface area (Å²) in [5, 5.41) is 12.0. The second kappa shape index (κ2) is 4.82. The van der Waals surface area contributed by atoms with Crippen LogP contribution in [0.4, 0.5) is 0 Å². The minimum Gasteiger partial charge on any atom is -0.507 e. The summed E-state index contributed by atoms with van der Waals surface area (Å²) in [4.78, 5) is 11.3. The normalized spacial score (nSPS) is 10.7. The van der Waals surface area contributed by atoms with Crippen LogP contribution in [0.25, 0.3) is 21.9 Å². The molecule has 0 fully saturated rings. The number of carbonyl (C=O) groups excluding carboxylic acids is 1. The van der Waals surface area contributed by atoms with Crippen LogP contribution in [0.2, 0.25) is 0 Å². The first kappa shape index (κ1) is 12.4. The van der Waals surface area contributed by atoms with Gasteiger partial charge in [-0.2, -0.15) is 0 Å². The summed E-state index contributed by atoms with van der Waals surface area (Å²) in [6.45, 7) is 1.99. The van der Waals surface area contributed by atoms with Gasteiger partial charge in [0.15, 0.2) is 6.29 Å². The summed E-state index contributed by atoms with van der Waals surface area (Å²) < 4.78 is 0. The number of hydrogen-bond acceptors (Lipinski definition) is 2. The van der Waals surface area contributed by atoms with Crippen molar-refractivity contribution in [2.45, 2.75) is 6.92 Å². The fourth-order valence-electron chi connectivity index (χ4n) is 2.57. The van der Waals surface area contributed by atoms with E-state index in [2.05, 4.69) is 0 Å². The molecular weight excluding hydrogens is 248 g/mol. The van der Waals surface area contributed by atoms with E-state index >= 15 is 0 Å². The Morgan fingerprint density at radius 1 is 0.900 bits per heavy atom. The first-order valence-corrected chi connectivity index (χ1v) is 6.48. The van der Waals surface area contributed by atoms with Crippen LogP contribution in [0.1, 0.15) is 15.9 Å². The molecule has 0 bridgehead atoms. The minimum absolute atomic E-state index is 0.223. The molecule has 3 aromatic carbocycles. The number of fused-ring (bicyclic) bond motifs is 1. The number of benzene rings is 3. The van der Waals surface area contributed by atoms with Gasteiger partial charge in [-0.25, -0.2) is 0 Å². The average molecular weight is 262 g/mol. The highest BCUT2D eigenvalue weighted by atomic mass is 16.3. The van der Waals surface area contributed by atoms with Crippen molar-refractivity contribution >= 4 is 17.1 Å². The van der Waals surface area contributed by atoms with Gasteiger partial charge in [0.2, 0.25) is 0 Å². The van der Waals surface area contributed by atoms with E-state index in [0.29, 0.717) is 16.5 Å². The van der Waals surface area contributed by atoms with Crippen LogP contribution in [0.15, 0.2) is 54.6 Å². The molecule has 2 heteroatoms. The van der Waals surface area contributed by atoms with Gasteiger partial charge in [0.1, 0.15) is 5.75 Å². The number of aldehydes is 1. The van der Waals surface area contributed by atoms with Crippen molar-refractivity contribution in [1.82, 2.24) is 0 Å². The molecule has 0 atom stereocenters. The van der Waals surface area contributed by atoms with Crippen LogP contribution in [-0.2, 0) is 0 Å². The van der Waals surface area contributed by atoms with Crippen LogP contribution >= 0.6 is 0 Å². The number of rotatable bonds is 2. The summed E-state index contributed by atoms with van der Waals surface area (Å²) in [5.41, 5.74) is 3.30. The van der Waals surface area contributed by atoms with Gasteiger partial charge in [-0.1, -0.05) is 48.5 Å². The fourth-order valence-corrected chi connectivity index (χ4v) is 2.57. The first-order chi connectivity index (χ1) is 9.72. The lowest BCUT2D eigenvalue weighted by molar-refractivity contribution is 0.112. The Hall–Kier alpha value is -2.61. The number of hydrogen-bond donors (Lipinski definition) is 1. The van der Waals surface area contributed by atoms with E-state index < -0.39 is 0 Å². The molecule has 0 amide bonds. The molecule has 2 nitrogen and oxygen atoms in total. The lowest BCUT2D eigenvalue weighted by Crippen LogP contribution is -1.90. The summed E-state index contributed by atoms with van der Waals surface area (Å²) in [5.74, 6) is 0.223. The van der Waals surface area contributed by atoms with Crippen molar-refractivity contribution in [2.75, 3.05) is 0 Å².